The predicted molar refractivity (Wildman–Crippen MR) is 146 cm³/mol. The van der Waals surface area contributed by atoms with Crippen LogP contribution < -0.4 is 16.4 Å². The van der Waals surface area contributed by atoms with Gasteiger partial charge < -0.3 is 21.1 Å². The van der Waals surface area contributed by atoms with Crippen LogP contribution in [0.25, 0.3) is 0 Å². The van der Waals surface area contributed by atoms with E-state index < -0.39 is 33.8 Å². The molecule has 0 aromatic heterocycles. The Kier molecular flexibility index (Phi) is 13.1. The molecule has 1 atom stereocenters. The highest BCUT2D eigenvalue weighted by atomic mass is 32.2. The molecule has 212 valence electrons. The fraction of sp³-hybridized carbons (Fsp3) is 0.429. The fourth-order valence-electron chi connectivity index (χ4n) is 3.66. The summed E-state index contributed by atoms with van der Waals surface area (Å²) in [4.78, 5) is 48.3. The summed E-state index contributed by atoms with van der Waals surface area (Å²) in [5.74, 6) is -1.41. The number of hydrogen-bond acceptors (Lipinski definition) is 7. The molecule has 0 bridgehead atoms. The maximum absolute atomic E-state index is 12.6. The molecule has 0 spiro atoms. The van der Waals surface area contributed by atoms with Gasteiger partial charge >= 0.3 is 6.09 Å². The number of alkyl carbamates (subject to hydrolysis) is 1. The van der Waals surface area contributed by atoms with Crippen LogP contribution in [-0.2, 0) is 35.6 Å². The van der Waals surface area contributed by atoms with E-state index in [-0.39, 0.29) is 48.7 Å². The van der Waals surface area contributed by atoms with Gasteiger partial charge in [-0.15, -0.1) is 0 Å². The molecule has 0 aliphatic carbocycles. The van der Waals surface area contributed by atoms with Gasteiger partial charge in [-0.3, -0.25) is 14.4 Å². The standard InChI is InChI=1S/C28H37N3O7S/c1-21-11-13-24(14-12-21)39(36,37)19-17-23(32)10-6-3-7-18-30-27(34)25(15-16-26(29)33)31-28(35)38-20-22-8-4-2-5-9-22/h2,4-5,8-9,11-14,25H,3,6-7,10,15-20H2,1H3,(H2,29,33)(H,30,34)(H,31,35). The highest BCUT2D eigenvalue weighted by Crippen LogP contribution is 2.14. The average Bonchev–Trinajstić information content (AvgIpc) is 2.91. The summed E-state index contributed by atoms with van der Waals surface area (Å²) in [5, 5.41) is 5.19. The molecule has 2 rings (SSSR count). The maximum atomic E-state index is 12.6. The largest absolute Gasteiger partial charge is 0.445 e. The van der Waals surface area contributed by atoms with Crippen LogP contribution in [0, 0.1) is 6.92 Å². The van der Waals surface area contributed by atoms with Crippen molar-refractivity contribution in [2.45, 2.75) is 69.4 Å². The quantitative estimate of drug-likeness (QED) is 0.251. The molecule has 0 fully saturated rings. The molecule has 0 aliphatic heterocycles. The smallest absolute Gasteiger partial charge is 0.408 e. The van der Waals surface area contributed by atoms with Gasteiger partial charge in [0.1, 0.15) is 18.4 Å². The molecule has 0 radical (unpaired) electrons. The van der Waals surface area contributed by atoms with E-state index in [0.717, 1.165) is 11.1 Å². The first-order valence-electron chi connectivity index (χ1n) is 12.9. The van der Waals surface area contributed by atoms with Gasteiger partial charge in [-0.25, -0.2) is 13.2 Å². The lowest BCUT2D eigenvalue weighted by Gasteiger charge is -2.18. The molecule has 0 saturated carbocycles. The second-order valence-electron chi connectivity index (χ2n) is 9.29. The maximum Gasteiger partial charge on any atom is 0.408 e. The summed E-state index contributed by atoms with van der Waals surface area (Å²) in [5.41, 5.74) is 6.94. The minimum Gasteiger partial charge on any atom is -0.445 e. The second kappa shape index (κ2) is 16.3. The lowest BCUT2D eigenvalue weighted by atomic mass is 10.1. The number of sulfone groups is 1. The van der Waals surface area contributed by atoms with Gasteiger partial charge in [0.15, 0.2) is 9.84 Å². The van der Waals surface area contributed by atoms with E-state index in [0.29, 0.717) is 25.8 Å². The van der Waals surface area contributed by atoms with Gasteiger partial charge in [0, 0.05) is 25.8 Å². The van der Waals surface area contributed by atoms with Crippen LogP contribution >= 0.6 is 0 Å². The monoisotopic (exact) mass is 559 g/mol. The molecule has 10 nitrogen and oxygen atoms in total. The van der Waals surface area contributed by atoms with E-state index in [2.05, 4.69) is 10.6 Å². The Labute approximate surface area is 229 Å². The number of carbonyl (C=O) groups is 4. The number of ether oxygens (including phenoxy) is 1. The Balaban J connectivity index is 1.67. The van der Waals surface area contributed by atoms with E-state index in [1.54, 1.807) is 36.4 Å². The number of primary amides is 1. The normalized spacial score (nSPS) is 11.8. The molecule has 3 amide bonds. The number of nitrogens with one attached hydrogen (secondary N) is 2. The van der Waals surface area contributed by atoms with Crippen LogP contribution in [0.3, 0.4) is 0 Å². The number of amides is 3. The Bertz CT molecular complexity index is 1200. The molecule has 0 saturated heterocycles. The summed E-state index contributed by atoms with van der Waals surface area (Å²) in [7, 11) is -3.50. The summed E-state index contributed by atoms with van der Waals surface area (Å²) in [6, 6.07) is 14.6. The molecule has 0 aliphatic rings. The molecule has 39 heavy (non-hydrogen) atoms. The second-order valence-corrected chi connectivity index (χ2v) is 11.4. The molecule has 4 N–H and O–H groups in total. The zero-order valence-corrected chi connectivity index (χ0v) is 23.0. The van der Waals surface area contributed by atoms with Crippen LogP contribution in [0.2, 0.25) is 0 Å². The van der Waals surface area contributed by atoms with Crippen LogP contribution in [0.5, 0.6) is 0 Å². The lowest BCUT2D eigenvalue weighted by Crippen LogP contribution is -2.47. The zero-order valence-electron chi connectivity index (χ0n) is 22.2. The van der Waals surface area contributed by atoms with Crippen molar-refractivity contribution in [3.63, 3.8) is 0 Å². The van der Waals surface area contributed by atoms with Crippen molar-refractivity contribution >= 4 is 33.5 Å². The molecule has 2 aromatic carbocycles. The number of hydrogen-bond donors (Lipinski definition) is 3. The predicted octanol–water partition coefficient (Wildman–Crippen LogP) is 2.97. The first-order valence-corrected chi connectivity index (χ1v) is 14.6. The summed E-state index contributed by atoms with van der Waals surface area (Å²) < 4.78 is 29.9. The fourth-order valence-corrected chi connectivity index (χ4v) is 4.94. The zero-order chi connectivity index (χ0) is 28.7. The number of aryl methyl sites for hydroxylation is 1. The molecule has 1 unspecified atom stereocenters. The van der Waals surface area contributed by atoms with Gasteiger partial charge in [0.2, 0.25) is 11.8 Å². The SMILES string of the molecule is Cc1ccc(S(=O)(=O)CCC(=O)CCCCCNC(=O)C(CCC(N)=O)NC(=O)OCc2ccccc2)cc1. The Morgan fingerprint density at radius 2 is 1.59 bits per heavy atom. The number of benzene rings is 2. The molecule has 11 heteroatoms. The van der Waals surface area contributed by atoms with Gasteiger partial charge in [0.25, 0.3) is 0 Å². The number of unbranched alkanes of at least 4 members (excludes halogenated alkanes) is 2. The topological polar surface area (TPSA) is 162 Å². The molecular formula is C28H37N3O7S. The van der Waals surface area contributed by atoms with Crippen molar-refractivity contribution in [1.82, 2.24) is 10.6 Å². The summed E-state index contributed by atoms with van der Waals surface area (Å²) in [6.45, 7) is 2.21. The van der Waals surface area contributed by atoms with Gasteiger partial charge in [-0.1, -0.05) is 54.4 Å². The Morgan fingerprint density at radius 1 is 0.897 bits per heavy atom. The minimum atomic E-state index is -3.50. The minimum absolute atomic E-state index is 0.0294. The third-order valence-corrected chi connectivity index (χ3v) is 7.69. The average molecular weight is 560 g/mol. The first-order chi connectivity index (χ1) is 18.6. The van der Waals surface area contributed by atoms with Crippen LogP contribution in [0.15, 0.2) is 59.5 Å². The third-order valence-electron chi connectivity index (χ3n) is 5.96. The van der Waals surface area contributed by atoms with E-state index in [9.17, 15) is 27.6 Å². The van der Waals surface area contributed by atoms with Crippen molar-refractivity contribution in [3.8, 4) is 0 Å². The number of Topliss-reactive ketones (excluding diaryl/α,β-unsaturated/α-hetero) is 1. The van der Waals surface area contributed by atoms with E-state index in [1.807, 2.05) is 25.1 Å². The van der Waals surface area contributed by atoms with Crippen LogP contribution in [0.4, 0.5) is 4.79 Å². The van der Waals surface area contributed by atoms with Crippen LogP contribution in [0.1, 0.15) is 56.1 Å². The lowest BCUT2D eigenvalue weighted by molar-refractivity contribution is -0.123. The summed E-state index contributed by atoms with van der Waals surface area (Å²) in [6.07, 6.45) is 1.17. The summed E-state index contributed by atoms with van der Waals surface area (Å²) >= 11 is 0. The molecular weight excluding hydrogens is 522 g/mol. The van der Waals surface area contributed by atoms with Crippen molar-refractivity contribution in [2.75, 3.05) is 12.3 Å². The van der Waals surface area contributed by atoms with E-state index >= 15 is 0 Å². The third kappa shape index (κ3) is 12.6. The number of carbonyl (C=O) groups excluding carboxylic acids is 4. The first kappa shape index (κ1) is 31.5. The van der Waals surface area contributed by atoms with E-state index in [1.165, 1.54) is 0 Å². The van der Waals surface area contributed by atoms with Gasteiger partial charge in [0.05, 0.1) is 10.6 Å². The van der Waals surface area contributed by atoms with Crippen LogP contribution in [-0.4, -0.2) is 50.4 Å². The van der Waals surface area contributed by atoms with Crippen molar-refractivity contribution in [2.24, 2.45) is 5.73 Å². The number of nitrogens with two attached hydrogens (primary N) is 1. The number of rotatable bonds is 17. The van der Waals surface area contributed by atoms with Gasteiger partial charge in [-0.05, 0) is 43.9 Å². The van der Waals surface area contributed by atoms with Crippen molar-refractivity contribution < 1.29 is 32.3 Å². The highest BCUT2D eigenvalue weighted by molar-refractivity contribution is 7.91. The van der Waals surface area contributed by atoms with Crippen molar-refractivity contribution in [3.05, 3.63) is 65.7 Å². The highest BCUT2D eigenvalue weighted by Gasteiger charge is 2.22. The number of ketones is 1. The van der Waals surface area contributed by atoms with Gasteiger partial charge in [-0.2, -0.15) is 0 Å². The Morgan fingerprint density at radius 3 is 2.26 bits per heavy atom. The van der Waals surface area contributed by atoms with Crippen molar-refractivity contribution in [1.29, 1.82) is 0 Å². The molecule has 0 heterocycles. The Hall–Kier alpha value is -3.73. The molecule has 2 aromatic rings. The van der Waals surface area contributed by atoms with E-state index in [4.69, 9.17) is 10.5 Å².